The molecule has 6 rings (SSSR count). The Hall–Kier alpha value is -4.26. The standard InChI is InChI=1S/C28H26N4O3/c1-34-20-14-15-25(35-2)22(16-20)26-23(17-31(30-26)18-8-4-3-5-9-18)27-29-24-11-7-6-10-21(24)28(33)32(27)19-12-13-19/h3-11,14-17,19,27,29H,12-13H2,1-2H3. The number of rotatable bonds is 6. The number of fused-ring (bicyclic) bond motifs is 1. The van der Waals surface area contributed by atoms with Crippen molar-refractivity contribution in [3.63, 3.8) is 0 Å². The van der Waals surface area contributed by atoms with Crippen molar-refractivity contribution in [2.24, 2.45) is 0 Å². The van der Waals surface area contributed by atoms with Gasteiger partial charge in [-0.1, -0.05) is 30.3 Å². The first-order chi connectivity index (χ1) is 17.2. The van der Waals surface area contributed by atoms with Crippen molar-refractivity contribution in [2.45, 2.75) is 25.0 Å². The number of carbonyl (C=O) groups is 1. The Morgan fingerprint density at radius 2 is 1.69 bits per heavy atom. The molecule has 1 unspecified atom stereocenters. The Bertz CT molecular complexity index is 1390. The minimum Gasteiger partial charge on any atom is -0.497 e. The van der Waals surface area contributed by atoms with Crippen molar-refractivity contribution >= 4 is 11.6 Å². The van der Waals surface area contributed by atoms with Gasteiger partial charge in [0.25, 0.3) is 5.91 Å². The summed E-state index contributed by atoms with van der Waals surface area (Å²) in [5.41, 5.74) is 4.90. The predicted molar refractivity (Wildman–Crippen MR) is 134 cm³/mol. The number of benzene rings is 3. The number of amides is 1. The summed E-state index contributed by atoms with van der Waals surface area (Å²) in [4.78, 5) is 15.6. The number of ether oxygens (including phenoxy) is 2. The number of methoxy groups -OCH3 is 2. The first-order valence-electron chi connectivity index (χ1n) is 11.7. The van der Waals surface area contributed by atoms with Crippen LogP contribution in [-0.2, 0) is 0 Å². The maximum Gasteiger partial charge on any atom is 0.258 e. The quantitative estimate of drug-likeness (QED) is 0.418. The van der Waals surface area contributed by atoms with Gasteiger partial charge in [-0.15, -0.1) is 0 Å². The van der Waals surface area contributed by atoms with Gasteiger partial charge in [0.05, 0.1) is 25.5 Å². The number of nitrogens with one attached hydrogen (secondary N) is 1. The van der Waals surface area contributed by atoms with Crippen molar-refractivity contribution in [3.8, 4) is 28.4 Å². The van der Waals surface area contributed by atoms with Gasteiger partial charge in [-0.05, 0) is 55.3 Å². The second-order valence-electron chi connectivity index (χ2n) is 8.82. The molecule has 0 saturated heterocycles. The topological polar surface area (TPSA) is 68.6 Å². The first-order valence-corrected chi connectivity index (χ1v) is 11.7. The van der Waals surface area contributed by atoms with E-state index in [9.17, 15) is 4.79 Å². The molecule has 35 heavy (non-hydrogen) atoms. The number of hydrogen-bond donors (Lipinski definition) is 1. The van der Waals surface area contributed by atoms with E-state index in [0.717, 1.165) is 41.0 Å². The fourth-order valence-corrected chi connectivity index (χ4v) is 4.73. The van der Waals surface area contributed by atoms with Crippen molar-refractivity contribution in [1.29, 1.82) is 0 Å². The van der Waals surface area contributed by atoms with Gasteiger partial charge in [0.1, 0.15) is 23.4 Å². The molecule has 0 radical (unpaired) electrons. The van der Waals surface area contributed by atoms with Crippen LogP contribution in [0.2, 0.25) is 0 Å². The summed E-state index contributed by atoms with van der Waals surface area (Å²) in [6.45, 7) is 0. The number of carbonyl (C=O) groups excluding carboxylic acids is 1. The zero-order valence-corrected chi connectivity index (χ0v) is 19.6. The molecule has 1 saturated carbocycles. The Balaban J connectivity index is 1.56. The lowest BCUT2D eigenvalue weighted by Gasteiger charge is -2.38. The van der Waals surface area contributed by atoms with E-state index in [4.69, 9.17) is 14.6 Å². The summed E-state index contributed by atoms with van der Waals surface area (Å²) in [6, 6.07) is 23.5. The Kier molecular flexibility index (Phi) is 5.17. The highest BCUT2D eigenvalue weighted by Gasteiger charge is 2.43. The van der Waals surface area contributed by atoms with Crippen LogP contribution < -0.4 is 14.8 Å². The van der Waals surface area contributed by atoms with Gasteiger partial charge in [-0.25, -0.2) is 4.68 Å². The Morgan fingerprint density at radius 1 is 0.914 bits per heavy atom. The zero-order valence-electron chi connectivity index (χ0n) is 19.6. The number of hydrogen-bond acceptors (Lipinski definition) is 5. The van der Waals surface area contributed by atoms with Gasteiger partial charge in [0.2, 0.25) is 0 Å². The third kappa shape index (κ3) is 3.69. The zero-order chi connectivity index (χ0) is 23.9. The van der Waals surface area contributed by atoms with Crippen LogP contribution in [0.1, 0.15) is 34.9 Å². The van der Waals surface area contributed by atoms with Crippen LogP contribution in [0.25, 0.3) is 16.9 Å². The van der Waals surface area contributed by atoms with Crippen molar-refractivity contribution in [2.75, 3.05) is 19.5 Å². The van der Waals surface area contributed by atoms with Gasteiger partial charge >= 0.3 is 0 Å². The van der Waals surface area contributed by atoms with E-state index >= 15 is 0 Å². The van der Waals surface area contributed by atoms with Crippen LogP contribution in [-0.4, -0.2) is 40.8 Å². The van der Waals surface area contributed by atoms with Crippen LogP contribution in [0.3, 0.4) is 0 Å². The molecule has 1 aliphatic carbocycles. The van der Waals surface area contributed by atoms with Crippen molar-refractivity contribution in [1.82, 2.24) is 14.7 Å². The third-order valence-corrected chi connectivity index (χ3v) is 6.62. The molecular weight excluding hydrogens is 440 g/mol. The number of para-hydroxylation sites is 2. The van der Waals surface area contributed by atoms with Gasteiger partial charge in [-0.2, -0.15) is 5.10 Å². The fraction of sp³-hybridized carbons (Fsp3) is 0.214. The molecular formula is C28H26N4O3. The molecule has 2 aliphatic rings. The molecule has 1 aromatic heterocycles. The number of nitrogens with zero attached hydrogens (tertiary/aromatic N) is 3. The Morgan fingerprint density at radius 3 is 2.43 bits per heavy atom. The van der Waals surface area contributed by atoms with Crippen LogP contribution in [0, 0.1) is 0 Å². The molecule has 1 amide bonds. The molecule has 2 heterocycles. The molecule has 7 heteroatoms. The average molecular weight is 467 g/mol. The van der Waals surface area contributed by atoms with E-state index in [1.807, 2.05) is 88.6 Å². The van der Waals surface area contributed by atoms with E-state index < -0.39 is 0 Å². The first kappa shape index (κ1) is 21.3. The van der Waals surface area contributed by atoms with Crippen molar-refractivity contribution in [3.05, 3.63) is 90.1 Å². The summed E-state index contributed by atoms with van der Waals surface area (Å²) >= 11 is 0. The van der Waals surface area contributed by atoms with E-state index in [0.29, 0.717) is 17.1 Å². The lowest BCUT2D eigenvalue weighted by molar-refractivity contribution is 0.0667. The molecule has 1 N–H and O–H groups in total. The minimum absolute atomic E-state index is 0.0443. The minimum atomic E-state index is -0.367. The summed E-state index contributed by atoms with van der Waals surface area (Å²) in [7, 11) is 3.29. The third-order valence-electron chi connectivity index (χ3n) is 6.62. The Labute approximate surface area is 203 Å². The van der Waals surface area contributed by atoms with Gasteiger partial charge in [-0.3, -0.25) is 4.79 Å². The molecule has 7 nitrogen and oxygen atoms in total. The van der Waals surface area contributed by atoms with E-state index in [1.54, 1.807) is 14.2 Å². The molecule has 4 aromatic rings. The number of anilines is 1. The molecule has 1 fully saturated rings. The van der Waals surface area contributed by atoms with Crippen LogP contribution >= 0.6 is 0 Å². The molecule has 1 atom stereocenters. The van der Waals surface area contributed by atoms with Crippen LogP contribution in [0.15, 0.2) is 79.0 Å². The predicted octanol–water partition coefficient (Wildman–Crippen LogP) is 5.29. The molecule has 176 valence electrons. The second kappa shape index (κ2) is 8.51. The normalized spacial score (nSPS) is 17.0. The highest BCUT2D eigenvalue weighted by atomic mass is 16.5. The summed E-state index contributed by atoms with van der Waals surface area (Å²) in [5.74, 6) is 1.44. The van der Waals surface area contributed by atoms with E-state index in [-0.39, 0.29) is 18.1 Å². The fourth-order valence-electron chi connectivity index (χ4n) is 4.73. The largest absolute Gasteiger partial charge is 0.497 e. The van der Waals surface area contributed by atoms with Gasteiger partial charge in [0.15, 0.2) is 0 Å². The maximum atomic E-state index is 13.6. The van der Waals surface area contributed by atoms with Gasteiger partial charge in [0, 0.05) is 29.1 Å². The van der Waals surface area contributed by atoms with E-state index in [2.05, 4.69) is 5.32 Å². The molecule has 3 aromatic carbocycles. The summed E-state index contributed by atoms with van der Waals surface area (Å²) in [6.07, 6.45) is 3.64. The lowest BCUT2D eigenvalue weighted by Crippen LogP contribution is -2.44. The van der Waals surface area contributed by atoms with Crippen LogP contribution in [0.5, 0.6) is 11.5 Å². The monoisotopic (exact) mass is 466 g/mol. The highest BCUT2D eigenvalue weighted by Crippen LogP contribution is 2.44. The molecule has 0 bridgehead atoms. The summed E-state index contributed by atoms with van der Waals surface area (Å²) < 4.78 is 13.1. The number of aromatic nitrogens is 2. The maximum absolute atomic E-state index is 13.6. The highest BCUT2D eigenvalue weighted by molar-refractivity contribution is 6.02. The lowest BCUT2D eigenvalue weighted by atomic mass is 10.00. The second-order valence-corrected chi connectivity index (χ2v) is 8.82. The van der Waals surface area contributed by atoms with Crippen LogP contribution in [0.4, 0.5) is 5.69 Å². The molecule has 1 aliphatic heterocycles. The van der Waals surface area contributed by atoms with Crippen molar-refractivity contribution < 1.29 is 14.3 Å². The van der Waals surface area contributed by atoms with E-state index in [1.165, 1.54) is 0 Å². The summed E-state index contributed by atoms with van der Waals surface area (Å²) in [5, 5.41) is 8.64. The smallest absolute Gasteiger partial charge is 0.258 e. The average Bonchev–Trinajstić information content (AvgIpc) is 3.65. The SMILES string of the molecule is COc1ccc(OC)c(-c2nn(-c3ccccc3)cc2C2Nc3ccccc3C(=O)N2C2CC2)c1. The van der Waals surface area contributed by atoms with Gasteiger partial charge < -0.3 is 19.7 Å². The molecule has 0 spiro atoms.